The van der Waals surface area contributed by atoms with E-state index < -0.39 is 5.97 Å². The van der Waals surface area contributed by atoms with Crippen LogP contribution in [0.4, 0.5) is 0 Å². The molecule has 100 valence electrons. The topological polar surface area (TPSA) is 66.4 Å². The summed E-state index contributed by atoms with van der Waals surface area (Å²) >= 11 is 0. The average molecular weight is 251 g/mol. The van der Waals surface area contributed by atoms with E-state index in [2.05, 4.69) is 17.5 Å². The molecule has 0 aromatic carbocycles. The van der Waals surface area contributed by atoms with E-state index in [1.54, 1.807) is 0 Å². The number of nitrogens with one attached hydrogen (secondary N) is 1. The molecule has 4 unspecified atom stereocenters. The second-order valence-electron chi connectivity index (χ2n) is 5.67. The number of rotatable bonds is 6. The van der Waals surface area contributed by atoms with Crippen LogP contribution in [-0.2, 0) is 9.59 Å². The van der Waals surface area contributed by atoms with Crippen molar-refractivity contribution >= 4 is 11.9 Å². The molecule has 0 heterocycles. The maximum Gasteiger partial charge on any atom is 0.303 e. The van der Waals surface area contributed by atoms with Gasteiger partial charge in [-0.2, -0.15) is 0 Å². The first-order valence-electron chi connectivity index (χ1n) is 6.74. The summed E-state index contributed by atoms with van der Waals surface area (Å²) in [5.41, 5.74) is 0. The average Bonchev–Trinajstić information content (AvgIpc) is 2.95. The van der Waals surface area contributed by atoms with E-state index in [0.717, 1.165) is 12.8 Å². The van der Waals surface area contributed by atoms with Crippen LogP contribution in [0, 0.1) is 23.7 Å². The fraction of sp³-hybridized carbons (Fsp3) is 0.714. The number of amides is 1. The monoisotopic (exact) mass is 251 g/mol. The Labute approximate surface area is 107 Å². The van der Waals surface area contributed by atoms with Gasteiger partial charge in [0.2, 0.25) is 5.91 Å². The van der Waals surface area contributed by atoms with Gasteiger partial charge in [0.25, 0.3) is 0 Å². The van der Waals surface area contributed by atoms with Gasteiger partial charge in [-0.1, -0.05) is 19.1 Å². The molecule has 18 heavy (non-hydrogen) atoms. The van der Waals surface area contributed by atoms with Crippen LogP contribution in [0.5, 0.6) is 0 Å². The molecule has 0 saturated heterocycles. The van der Waals surface area contributed by atoms with Gasteiger partial charge in [0.1, 0.15) is 0 Å². The second-order valence-corrected chi connectivity index (χ2v) is 5.67. The number of carboxylic acid groups (broad SMARTS) is 1. The zero-order valence-corrected chi connectivity index (χ0v) is 10.8. The van der Waals surface area contributed by atoms with Crippen molar-refractivity contribution in [1.29, 1.82) is 0 Å². The maximum atomic E-state index is 12.0. The summed E-state index contributed by atoms with van der Waals surface area (Å²) < 4.78 is 0. The molecular weight excluding hydrogens is 230 g/mol. The number of carbonyl (C=O) groups excluding carboxylic acids is 1. The molecule has 2 aliphatic carbocycles. The standard InChI is InChI=1S/C14H21NO3/c1-9(2-5-13(16)17)8-15-14(18)12-7-10-3-4-11(12)6-10/h3-4,9-12H,2,5-8H2,1H3,(H,15,18)(H,16,17). The molecule has 1 fully saturated rings. The minimum absolute atomic E-state index is 0.145. The highest BCUT2D eigenvalue weighted by molar-refractivity contribution is 5.80. The predicted molar refractivity (Wildman–Crippen MR) is 67.9 cm³/mol. The molecule has 2 N–H and O–H groups in total. The summed E-state index contributed by atoms with van der Waals surface area (Å²) in [5.74, 6) is 0.783. The van der Waals surface area contributed by atoms with Crippen molar-refractivity contribution in [2.24, 2.45) is 23.7 Å². The van der Waals surface area contributed by atoms with Crippen LogP contribution in [0.15, 0.2) is 12.2 Å². The fourth-order valence-electron chi connectivity index (χ4n) is 2.96. The molecule has 4 atom stereocenters. The van der Waals surface area contributed by atoms with Crippen molar-refractivity contribution in [3.05, 3.63) is 12.2 Å². The molecule has 1 amide bonds. The van der Waals surface area contributed by atoms with Crippen LogP contribution >= 0.6 is 0 Å². The van der Waals surface area contributed by atoms with Gasteiger partial charge in [-0.3, -0.25) is 9.59 Å². The quantitative estimate of drug-likeness (QED) is 0.708. The smallest absolute Gasteiger partial charge is 0.303 e. The van der Waals surface area contributed by atoms with Gasteiger partial charge in [0, 0.05) is 18.9 Å². The Morgan fingerprint density at radius 1 is 1.39 bits per heavy atom. The summed E-state index contributed by atoms with van der Waals surface area (Å²) in [4.78, 5) is 22.5. The third-order valence-corrected chi connectivity index (χ3v) is 4.09. The minimum atomic E-state index is -0.772. The third kappa shape index (κ3) is 3.12. The van der Waals surface area contributed by atoms with Crippen molar-refractivity contribution in [3.8, 4) is 0 Å². The molecule has 1 saturated carbocycles. The summed E-state index contributed by atoms with van der Waals surface area (Å²) in [6.07, 6.45) is 7.31. The Morgan fingerprint density at radius 2 is 2.17 bits per heavy atom. The highest BCUT2D eigenvalue weighted by Gasteiger charge is 2.39. The Balaban J connectivity index is 1.69. The highest BCUT2D eigenvalue weighted by atomic mass is 16.4. The normalized spacial score (nSPS) is 30.4. The van der Waals surface area contributed by atoms with Gasteiger partial charge in [-0.25, -0.2) is 0 Å². The van der Waals surface area contributed by atoms with Crippen LogP contribution in [0.2, 0.25) is 0 Å². The summed E-state index contributed by atoms with van der Waals surface area (Å²) in [7, 11) is 0. The lowest BCUT2D eigenvalue weighted by molar-refractivity contribution is -0.137. The van der Waals surface area contributed by atoms with Crippen LogP contribution in [0.3, 0.4) is 0 Å². The zero-order valence-electron chi connectivity index (χ0n) is 10.8. The van der Waals surface area contributed by atoms with Crippen molar-refractivity contribution in [2.45, 2.75) is 32.6 Å². The summed E-state index contributed by atoms with van der Waals surface area (Å²) in [6, 6.07) is 0. The lowest BCUT2D eigenvalue weighted by atomic mass is 9.92. The number of carbonyl (C=O) groups is 2. The first-order chi connectivity index (χ1) is 8.56. The number of carboxylic acids is 1. The first-order valence-corrected chi connectivity index (χ1v) is 6.74. The zero-order chi connectivity index (χ0) is 13.1. The van der Waals surface area contributed by atoms with Crippen molar-refractivity contribution < 1.29 is 14.7 Å². The molecule has 0 radical (unpaired) electrons. The Kier molecular flexibility index (Phi) is 4.04. The molecule has 0 aromatic rings. The Morgan fingerprint density at radius 3 is 2.72 bits per heavy atom. The SMILES string of the molecule is CC(CCC(=O)O)CNC(=O)C1CC2C=CC1C2. The van der Waals surface area contributed by atoms with Gasteiger partial charge in [0.05, 0.1) is 0 Å². The van der Waals surface area contributed by atoms with Gasteiger partial charge in [-0.15, -0.1) is 0 Å². The molecule has 2 rings (SSSR count). The maximum absolute atomic E-state index is 12.0. The van der Waals surface area contributed by atoms with Crippen LogP contribution in [-0.4, -0.2) is 23.5 Å². The number of fused-ring (bicyclic) bond motifs is 2. The minimum Gasteiger partial charge on any atom is -0.481 e. The molecule has 2 bridgehead atoms. The van der Waals surface area contributed by atoms with E-state index in [1.807, 2.05) is 6.92 Å². The number of allylic oxidation sites excluding steroid dienone is 2. The van der Waals surface area contributed by atoms with Crippen molar-refractivity contribution in [2.75, 3.05) is 6.54 Å². The summed E-state index contributed by atoms with van der Waals surface area (Å²) in [5, 5.41) is 11.6. The van der Waals surface area contributed by atoms with Crippen LogP contribution < -0.4 is 5.32 Å². The Hall–Kier alpha value is -1.32. The van der Waals surface area contributed by atoms with Crippen LogP contribution in [0.25, 0.3) is 0 Å². The molecular formula is C14H21NO3. The molecule has 0 aliphatic heterocycles. The molecule has 4 heteroatoms. The number of aliphatic carboxylic acids is 1. The lowest BCUT2D eigenvalue weighted by Crippen LogP contribution is -2.35. The number of hydrogen-bond acceptors (Lipinski definition) is 2. The van der Waals surface area contributed by atoms with Gasteiger partial charge in [0.15, 0.2) is 0 Å². The van der Waals surface area contributed by atoms with E-state index in [-0.39, 0.29) is 24.2 Å². The van der Waals surface area contributed by atoms with Crippen LogP contribution in [0.1, 0.15) is 32.6 Å². The van der Waals surface area contributed by atoms with E-state index in [1.165, 1.54) is 0 Å². The fourth-order valence-corrected chi connectivity index (χ4v) is 2.96. The van der Waals surface area contributed by atoms with Crippen molar-refractivity contribution in [1.82, 2.24) is 5.32 Å². The highest BCUT2D eigenvalue weighted by Crippen LogP contribution is 2.43. The van der Waals surface area contributed by atoms with Gasteiger partial charge < -0.3 is 10.4 Å². The second kappa shape index (κ2) is 5.55. The lowest BCUT2D eigenvalue weighted by Gasteiger charge is -2.19. The molecule has 0 spiro atoms. The first kappa shape index (κ1) is 13.1. The van der Waals surface area contributed by atoms with E-state index in [4.69, 9.17) is 5.11 Å². The molecule has 4 nitrogen and oxygen atoms in total. The van der Waals surface area contributed by atoms with Gasteiger partial charge in [-0.05, 0) is 37.0 Å². The Bertz CT molecular complexity index is 364. The number of hydrogen-bond donors (Lipinski definition) is 2. The third-order valence-electron chi connectivity index (χ3n) is 4.09. The molecule has 2 aliphatic rings. The van der Waals surface area contributed by atoms with Gasteiger partial charge >= 0.3 is 5.97 Å². The largest absolute Gasteiger partial charge is 0.481 e. The van der Waals surface area contributed by atoms with E-state index >= 15 is 0 Å². The van der Waals surface area contributed by atoms with E-state index in [9.17, 15) is 9.59 Å². The summed E-state index contributed by atoms with van der Waals surface area (Å²) in [6.45, 7) is 2.56. The van der Waals surface area contributed by atoms with E-state index in [0.29, 0.717) is 24.8 Å². The molecule has 0 aromatic heterocycles. The van der Waals surface area contributed by atoms with Crippen molar-refractivity contribution in [3.63, 3.8) is 0 Å². The predicted octanol–water partition coefficient (Wildman–Crippen LogP) is 1.82.